The molecular weight excluding hydrogens is 346 g/mol. The van der Waals surface area contributed by atoms with Crippen LogP contribution in [-0.2, 0) is 11.2 Å². The van der Waals surface area contributed by atoms with Gasteiger partial charge in [0.15, 0.2) is 0 Å². The Morgan fingerprint density at radius 1 is 1.15 bits per heavy atom. The van der Waals surface area contributed by atoms with Gasteiger partial charge >= 0.3 is 0 Å². The van der Waals surface area contributed by atoms with Crippen LogP contribution in [0.2, 0.25) is 5.02 Å². The summed E-state index contributed by atoms with van der Waals surface area (Å²) in [5.74, 6) is -0.171. The van der Waals surface area contributed by atoms with E-state index in [-0.39, 0.29) is 11.8 Å². The Kier molecular flexibility index (Phi) is 6.64. The number of pyridine rings is 1. The molecule has 1 fully saturated rings. The van der Waals surface area contributed by atoms with E-state index < -0.39 is 0 Å². The maximum Gasteiger partial charge on any atom is 0.227 e. The van der Waals surface area contributed by atoms with Gasteiger partial charge in [-0.2, -0.15) is 0 Å². The molecule has 0 saturated carbocycles. The molecule has 3 rings (SSSR count). The number of nitrogens with one attached hydrogen (secondary N) is 1. The Bertz CT molecular complexity index is 699. The van der Waals surface area contributed by atoms with Crippen LogP contribution in [0.5, 0.6) is 0 Å². The first-order valence-corrected chi connectivity index (χ1v) is 9.67. The standard InChI is InChI=1S/C21H26ClN3O/c1-16(25-12-2-3-13-25)15-24-21(26)20(14-17-8-10-23-11-9-17)18-4-6-19(22)7-5-18/h4-11,16,20H,2-3,12-15H2,1H3,(H,24,26). The Balaban J connectivity index is 1.69. The summed E-state index contributed by atoms with van der Waals surface area (Å²) in [4.78, 5) is 19.5. The van der Waals surface area contributed by atoms with E-state index >= 15 is 0 Å². The van der Waals surface area contributed by atoms with Crippen molar-refractivity contribution in [1.29, 1.82) is 0 Å². The number of amides is 1. The number of likely N-dealkylation sites (tertiary alicyclic amines) is 1. The Morgan fingerprint density at radius 3 is 2.46 bits per heavy atom. The molecule has 2 unspecified atom stereocenters. The molecule has 1 aliphatic rings. The molecule has 4 nitrogen and oxygen atoms in total. The van der Waals surface area contributed by atoms with Gasteiger partial charge in [-0.25, -0.2) is 0 Å². The second-order valence-electron chi connectivity index (χ2n) is 7.00. The third kappa shape index (κ3) is 5.05. The van der Waals surface area contributed by atoms with Crippen molar-refractivity contribution in [2.45, 2.75) is 38.1 Å². The van der Waals surface area contributed by atoms with Gasteiger partial charge in [-0.15, -0.1) is 0 Å². The van der Waals surface area contributed by atoms with Crippen molar-refractivity contribution >= 4 is 17.5 Å². The molecule has 1 aromatic heterocycles. The quantitative estimate of drug-likeness (QED) is 0.807. The molecule has 0 bridgehead atoms. The minimum atomic E-state index is -0.236. The molecule has 2 atom stereocenters. The van der Waals surface area contributed by atoms with Crippen molar-refractivity contribution in [3.8, 4) is 0 Å². The second kappa shape index (κ2) is 9.15. The van der Waals surface area contributed by atoms with Gasteiger partial charge in [-0.3, -0.25) is 14.7 Å². The molecular formula is C21H26ClN3O. The highest BCUT2D eigenvalue weighted by molar-refractivity contribution is 6.30. The van der Waals surface area contributed by atoms with E-state index in [1.54, 1.807) is 12.4 Å². The zero-order chi connectivity index (χ0) is 18.4. The van der Waals surface area contributed by atoms with E-state index in [0.717, 1.165) is 24.2 Å². The number of hydrogen-bond acceptors (Lipinski definition) is 3. The van der Waals surface area contributed by atoms with Gasteiger partial charge in [0.05, 0.1) is 5.92 Å². The van der Waals surface area contributed by atoms with Gasteiger partial charge in [-0.05, 0) is 74.7 Å². The molecule has 0 spiro atoms. The number of hydrogen-bond donors (Lipinski definition) is 1. The molecule has 5 heteroatoms. The first-order chi connectivity index (χ1) is 12.6. The van der Waals surface area contributed by atoms with Crippen LogP contribution >= 0.6 is 11.6 Å². The molecule has 2 aromatic rings. The van der Waals surface area contributed by atoms with E-state index in [0.29, 0.717) is 24.0 Å². The van der Waals surface area contributed by atoms with E-state index in [9.17, 15) is 4.79 Å². The summed E-state index contributed by atoms with van der Waals surface area (Å²) in [5, 5.41) is 3.84. The first kappa shape index (κ1) is 18.9. The molecule has 1 aromatic carbocycles. The van der Waals surface area contributed by atoms with Crippen molar-refractivity contribution in [3.63, 3.8) is 0 Å². The summed E-state index contributed by atoms with van der Waals surface area (Å²) in [5.41, 5.74) is 2.08. The number of halogens is 1. The normalized spacial score (nSPS) is 17.0. The molecule has 138 valence electrons. The second-order valence-corrected chi connectivity index (χ2v) is 7.44. The lowest BCUT2D eigenvalue weighted by Gasteiger charge is -2.25. The van der Waals surface area contributed by atoms with Crippen LogP contribution in [0, 0.1) is 0 Å². The molecule has 26 heavy (non-hydrogen) atoms. The highest BCUT2D eigenvalue weighted by atomic mass is 35.5. The Labute approximate surface area is 160 Å². The fourth-order valence-electron chi connectivity index (χ4n) is 3.49. The number of benzene rings is 1. The van der Waals surface area contributed by atoms with Crippen molar-refractivity contribution < 1.29 is 4.79 Å². The maximum atomic E-state index is 13.0. The summed E-state index contributed by atoms with van der Waals surface area (Å²) in [6, 6.07) is 11.9. The van der Waals surface area contributed by atoms with Crippen molar-refractivity contribution in [2.75, 3.05) is 19.6 Å². The monoisotopic (exact) mass is 371 g/mol. The molecule has 1 N–H and O–H groups in total. The highest BCUT2D eigenvalue weighted by Crippen LogP contribution is 2.23. The molecule has 0 aliphatic carbocycles. The SMILES string of the molecule is CC(CNC(=O)C(Cc1ccncc1)c1ccc(Cl)cc1)N1CCCC1. The maximum absolute atomic E-state index is 13.0. The lowest BCUT2D eigenvalue weighted by atomic mass is 9.91. The number of carbonyl (C=O) groups is 1. The lowest BCUT2D eigenvalue weighted by molar-refractivity contribution is -0.122. The van der Waals surface area contributed by atoms with Gasteiger partial charge in [0.1, 0.15) is 0 Å². The predicted octanol–water partition coefficient (Wildman–Crippen LogP) is 3.66. The lowest BCUT2D eigenvalue weighted by Crippen LogP contribution is -2.42. The summed E-state index contributed by atoms with van der Waals surface area (Å²) in [6.45, 7) is 5.13. The number of nitrogens with zero attached hydrogens (tertiary/aromatic N) is 2. The minimum absolute atomic E-state index is 0.0650. The number of aromatic nitrogens is 1. The van der Waals surface area contributed by atoms with Crippen LogP contribution in [0.25, 0.3) is 0 Å². The van der Waals surface area contributed by atoms with Gasteiger partial charge in [0.25, 0.3) is 0 Å². The highest BCUT2D eigenvalue weighted by Gasteiger charge is 2.23. The van der Waals surface area contributed by atoms with Crippen LogP contribution in [-0.4, -0.2) is 41.5 Å². The van der Waals surface area contributed by atoms with Gasteiger partial charge < -0.3 is 5.32 Å². The van der Waals surface area contributed by atoms with Crippen LogP contribution in [0.4, 0.5) is 0 Å². The van der Waals surface area contributed by atoms with E-state index in [4.69, 9.17) is 11.6 Å². The number of carbonyl (C=O) groups excluding carboxylic acids is 1. The fourth-order valence-corrected chi connectivity index (χ4v) is 3.62. The largest absolute Gasteiger partial charge is 0.354 e. The Hall–Kier alpha value is -1.91. The first-order valence-electron chi connectivity index (χ1n) is 9.29. The van der Waals surface area contributed by atoms with Gasteiger partial charge in [-0.1, -0.05) is 23.7 Å². The fraction of sp³-hybridized carbons (Fsp3) is 0.429. The summed E-state index contributed by atoms with van der Waals surface area (Å²) >= 11 is 6.02. The third-order valence-corrected chi connectivity index (χ3v) is 5.37. The molecule has 2 heterocycles. The predicted molar refractivity (Wildman–Crippen MR) is 105 cm³/mol. The van der Waals surface area contributed by atoms with E-state index in [1.807, 2.05) is 36.4 Å². The summed E-state index contributed by atoms with van der Waals surface area (Å²) < 4.78 is 0. The van der Waals surface area contributed by atoms with Crippen molar-refractivity contribution in [2.24, 2.45) is 0 Å². The molecule has 1 amide bonds. The van der Waals surface area contributed by atoms with Crippen LogP contribution < -0.4 is 5.32 Å². The Morgan fingerprint density at radius 2 is 1.81 bits per heavy atom. The minimum Gasteiger partial charge on any atom is -0.354 e. The van der Waals surface area contributed by atoms with E-state index in [2.05, 4.69) is 22.1 Å². The van der Waals surface area contributed by atoms with Crippen LogP contribution in [0.15, 0.2) is 48.8 Å². The van der Waals surface area contributed by atoms with Crippen LogP contribution in [0.1, 0.15) is 36.8 Å². The van der Waals surface area contributed by atoms with Crippen LogP contribution in [0.3, 0.4) is 0 Å². The molecule has 1 aliphatic heterocycles. The third-order valence-electron chi connectivity index (χ3n) is 5.11. The zero-order valence-corrected chi connectivity index (χ0v) is 16.0. The van der Waals surface area contributed by atoms with Crippen molar-refractivity contribution in [3.05, 3.63) is 64.9 Å². The number of rotatable bonds is 7. The molecule has 0 radical (unpaired) electrons. The topological polar surface area (TPSA) is 45.2 Å². The average molecular weight is 372 g/mol. The molecule has 1 saturated heterocycles. The smallest absolute Gasteiger partial charge is 0.227 e. The summed E-state index contributed by atoms with van der Waals surface area (Å²) in [6.07, 6.45) is 6.69. The van der Waals surface area contributed by atoms with Gasteiger partial charge in [0, 0.05) is 30.0 Å². The average Bonchev–Trinajstić information content (AvgIpc) is 3.20. The van der Waals surface area contributed by atoms with E-state index in [1.165, 1.54) is 12.8 Å². The van der Waals surface area contributed by atoms with Crippen molar-refractivity contribution in [1.82, 2.24) is 15.2 Å². The zero-order valence-electron chi connectivity index (χ0n) is 15.2. The summed E-state index contributed by atoms with van der Waals surface area (Å²) in [7, 11) is 0. The van der Waals surface area contributed by atoms with Gasteiger partial charge in [0.2, 0.25) is 5.91 Å².